The van der Waals surface area contributed by atoms with E-state index in [1.54, 1.807) is 0 Å². The van der Waals surface area contributed by atoms with Crippen LogP contribution in [0.1, 0.15) is 18.1 Å². The summed E-state index contributed by atoms with van der Waals surface area (Å²) in [4.78, 5) is 24.1. The first-order valence-corrected chi connectivity index (χ1v) is 9.33. The minimum atomic E-state index is -4.51. The number of carbonyl (C=O) groups is 2. The van der Waals surface area contributed by atoms with Crippen LogP contribution in [0.3, 0.4) is 0 Å². The van der Waals surface area contributed by atoms with Crippen molar-refractivity contribution in [1.29, 1.82) is 0 Å². The van der Waals surface area contributed by atoms with Gasteiger partial charge in [0.2, 0.25) is 5.91 Å². The molecule has 0 saturated heterocycles. The second kappa shape index (κ2) is 8.52. The number of urea groups is 1. The van der Waals surface area contributed by atoms with E-state index in [4.69, 9.17) is 0 Å². The summed E-state index contributed by atoms with van der Waals surface area (Å²) in [5.74, 6) is -0.607. The largest absolute Gasteiger partial charge is 0.417 e. The van der Waals surface area contributed by atoms with Crippen LogP contribution < -0.4 is 10.6 Å². The zero-order valence-electron chi connectivity index (χ0n) is 15.1. The fraction of sp³-hybridized carbons (Fsp3) is 0.222. The number of hydrogen-bond acceptors (Lipinski definition) is 5. The summed E-state index contributed by atoms with van der Waals surface area (Å²) in [5, 5.41) is 11.7. The Labute approximate surface area is 167 Å². The molecule has 3 rings (SSSR count). The van der Waals surface area contributed by atoms with E-state index in [1.807, 2.05) is 30.3 Å². The molecule has 152 valence electrons. The monoisotopic (exact) mass is 423 g/mol. The Hall–Kier alpha value is -3.08. The molecule has 0 saturated carbocycles. The van der Waals surface area contributed by atoms with Gasteiger partial charge in [-0.25, -0.2) is 4.79 Å². The van der Waals surface area contributed by atoms with Crippen LogP contribution in [-0.2, 0) is 17.5 Å². The fourth-order valence-corrected chi connectivity index (χ4v) is 3.20. The normalized spacial score (nSPS) is 12.6. The summed E-state index contributed by atoms with van der Waals surface area (Å²) in [6.07, 6.45) is -3.64. The SMILES string of the molecule is CC(Sc1nnc2ccc(C(F)(F)F)cn12)C(=O)NC(=O)NCc1ccccc1. The molecule has 1 aromatic carbocycles. The molecule has 0 radical (unpaired) electrons. The molecule has 0 aliphatic rings. The van der Waals surface area contributed by atoms with E-state index in [-0.39, 0.29) is 17.3 Å². The van der Waals surface area contributed by atoms with E-state index in [0.717, 1.165) is 34.0 Å². The Morgan fingerprint density at radius 3 is 2.55 bits per heavy atom. The third kappa shape index (κ3) is 5.25. The van der Waals surface area contributed by atoms with Crippen molar-refractivity contribution < 1.29 is 22.8 Å². The third-order valence-corrected chi connectivity index (χ3v) is 4.94. The molecule has 0 aliphatic heterocycles. The van der Waals surface area contributed by atoms with Crippen molar-refractivity contribution in [1.82, 2.24) is 25.2 Å². The van der Waals surface area contributed by atoms with Gasteiger partial charge in [-0.3, -0.25) is 14.5 Å². The van der Waals surface area contributed by atoms with Gasteiger partial charge in [-0.2, -0.15) is 13.2 Å². The van der Waals surface area contributed by atoms with Crippen LogP contribution in [0.2, 0.25) is 0 Å². The van der Waals surface area contributed by atoms with Crippen LogP contribution in [0.15, 0.2) is 53.8 Å². The van der Waals surface area contributed by atoms with Crippen LogP contribution in [0, 0.1) is 0 Å². The molecule has 3 amide bonds. The van der Waals surface area contributed by atoms with E-state index in [1.165, 1.54) is 13.0 Å². The van der Waals surface area contributed by atoms with Gasteiger partial charge in [-0.15, -0.1) is 10.2 Å². The van der Waals surface area contributed by atoms with Crippen LogP contribution in [0.25, 0.3) is 5.65 Å². The van der Waals surface area contributed by atoms with Crippen molar-refractivity contribution in [2.45, 2.75) is 30.1 Å². The molecule has 2 N–H and O–H groups in total. The highest BCUT2D eigenvalue weighted by Crippen LogP contribution is 2.30. The number of hydrogen-bond donors (Lipinski definition) is 2. The maximum absolute atomic E-state index is 12.9. The van der Waals surface area contributed by atoms with Gasteiger partial charge < -0.3 is 5.32 Å². The quantitative estimate of drug-likeness (QED) is 0.615. The number of aromatic nitrogens is 3. The fourth-order valence-electron chi connectivity index (χ4n) is 2.37. The molecule has 0 fully saturated rings. The molecule has 1 atom stereocenters. The van der Waals surface area contributed by atoms with Gasteiger partial charge in [0.15, 0.2) is 10.8 Å². The topological polar surface area (TPSA) is 88.4 Å². The first-order valence-electron chi connectivity index (χ1n) is 8.45. The third-order valence-electron chi connectivity index (χ3n) is 3.88. The Kier molecular flexibility index (Phi) is 6.06. The van der Waals surface area contributed by atoms with Gasteiger partial charge >= 0.3 is 12.2 Å². The minimum Gasteiger partial charge on any atom is -0.334 e. The van der Waals surface area contributed by atoms with Gasteiger partial charge in [0, 0.05) is 12.7 Å². The number of amides is 3. The maximum Gasteiger partial charge on any atom is 0.417 e. The molecule has 1 unspecified atom stereocenters. The summed E-state index contributed by atoms with van der Waals surface area (Å²) in [6.45, 7) is 1.76. The first-order chi connectivity index (χ1) is 13.7. The number of nitrogens with one attached hydrogen (secondary N) is 2. The Balaban J connectivity index is 1.61. The van der Waals surface area contributed by atoms with Crippen molar-refractivity contribution in [2.24, 2.45) is 0 Å². The molecule has 0 spiro atoms. The van der Waals surface area contributed by atoms with E-state index in [2.05, 4.69) is 20.8 Å². The summed E-state index contributed by atoms with van der Waals surface area (Å²) in [5.41, 5.74) is 0.227. The number of nitrogens with zero attached hydrogens (tertiary/aromatic N) is 3. The summed E-state index contributed by atoms with van der Waals surface area (Å²) in [7, 11) is 0. The van der Waals surface area contributed by atoms with E-state index in [0.29, 0.717) is 0 Å². The van der Waals surface area contributed by atoms with Gasteiger partial charge in [0.25, 0.3) is 0 Å². The number of imide groups is 1. The Bertz CT molecular complexity index is 1020. The highest BCUT2D eigenvalue weighted by atomic mass is 32.2. The number of fused-ring (bicyclic) bond motifs is 1. The van der Waals surface area contributed by atoms with Gasteiger partial charge in [-0.05, 0) is 24.6 Å². The number of thioether (sulfide) groups is 1. The Morgan fingerprint density at radius 1 is 1.14 bits per heavy atom. The van der Waals surface area contributed by atoms with Crippen LogP contribution >= 0.6 is 11.8 Å². The second-order valence-electron chi connectivity index (χ2n) is 6.04. The van der Waals surface area contributed by atoms with Gasteiger partial charge in [0.1, 0.15) is 0 Å². The minimum absolute atomic E-state index is 0.110. The molecule has 3 aromatic rings. The standard InChI is InChI=1S/C18H16F3N5O2S/c1-11(15(27)23-16(28)22-9-12-5-3-2-4-6-12)29-17-25-24-14-8-7-13(10-26(14)17)18(19,20)21/h2-8,10-11H,9H2,1H3,(H2,22,23,27,28). The molecule has 0 bridgehead atoms. The molecular formula is C18H16F3N5O2S. The number of carbonyl (C=O) groups excluding carboxylic acids is 2. The smallest absolute Gasteiger partial charge is 0.334 e. The van der Waals surface area contributed by atoms with E-state index >= 15 is 0 Å². The highest BCUT2D eigenvalue weighted by Gasteiger charge is 2.31. The zero-order valence-corrected chi connectivity index (χ0v) is 15.9. The van der Waals surface area contributed by atoms with Gasteiger partial charge in [0.05, 0.1) is 10.8 Å². The average molecular weight is 423 g/mol. The lowest BCUT2D eigenvalue weighted by Gasteiger charge is -2.12. The lowest BCUT2D eigenvalue weighted by Crippen LogP contribution is -2.42. The molecule has 2 heterocycles. The highest BCUT2D eigenvalue weighted by molar-refractivity contribution is 8.00. The lowest BCUT2D eigenvalue weighted by molar-refractivity contribution is -0.137. The molecule has 0 aliphatic carbocycles. The maximum atomic E-state index is 12.9. The van der Waals surface area contributed by atoms with Crippen molar-refractivity contribution in [3.05, 3.63) is 59.8 Å². The number of benzene rings is 1. The van der Waals surface area contributed by atoms with Crippen molar-refractivity contribution in [2.75, 3.05) is 0 Å². The lowest BCUT2D eigenvalue weighted by atomic mass is 10.2. The van der Waals surface area contributed by atoms with E-state index < -0.39 is 28.9 Å². The predicted molar refractivity (Wildman–Crippen MR) is 100 cm³/mol. The van der Waals surface area contributed by atoms with Crippen LogP contribution in [-0.4, -0.2) is 31.8 Å². The Morgan fingerprint density at radius 2 is 1.86 bits per heavy atom. The van der Waals surface area contributed by atoms with Crippen molar-refractivity contribution in [3.8, 4) is 0 Å². The van der Waals surface area contributed by atoms with Crippen LogP contribution in [0.5, 0.6) is 0 Å². The molecule has 7 nitrogen and oxygen atoms in total. The van der Waals surface area contributed by atoms with Gasteiger partial charge in [-0.1, -0.05) is 42.1 Å². The number of pyridine rings is 1. The first kappa shape index (κ1) is 20.6. The zero-order chi connectivity index (χ0) is 21.0. The molecule has 29 heavy (non-hydrogen) atoms. The number of rotatable bonds is 5. The van der Waals surface area contributed by atoms with Crippen molar-refractivity contribution >= 4 is 29.3 Å². The molecule has 11 heteroatoms. The summed E-state index contributed by atoms with van der Waals surface area (Å²) < 4.78 is 39.9. The molecular weight excluding hydrogens is 407 g/mol. The predicted octanol–water partition coefficient (Wildman–Crippen LogP) is 3.25. The van der Waals surface area contributed by atoms with Crippen molar-refractivity contribution in [3.63, 3.8) is 0 Å². The average Bonchev–Trinajstić information content (AvgIpc) is 3.08. The second-order valence-corrected chi connectivity index (χ2v) is 7.35. The molecule has 2 aromatic heterocycles. The number of halogens is 3. The van der Waals surface area contributed by atoms with Crippen LogP contribution in [0.4, 0.5) is 18.0 Å². The number of alkyl halides is 3. The summed E-state index contributed by atoms with van der Waals surface area (Å²) in [6, 6.07) is 10.6. The summed E-state index contributed by atoms with van der Waals surface area (Å²) >= 11 is 0.894. The van der Waals surface area contributed by atoms with E-state index in [9.17, 15) is 22.8 Å².